The molecule has 0 saturated heterocycles. The molecule has 1 aliphatic rings. The first-order chi connectivity index (χ1) is 12.3. The molecule has 0 aromatic heterocycles. The summed E-state index contributed by atoms with van der Waals surface area (Å²) in [5, 5.41) is 0.859. The summed E-state index contributed by atoms with van der Waals surface area (Å²) in [5.41, 5.74) is 5.10. The van der Waals surface area contributed by atoms with Gasteiger partial charge in [0.25, 0.3) is 0 Å². The lowest BCUT2D eigenvalue weighted by Crippen LogP contribution is -2.22. The second-order valence-corrected chi connectivity index (χ2v) is 7.13. The minimum Gasteiger partial charge on any atom is -0.465 e. The average Bonchev–Trinajstić information content (AvgIpc) is 2.69. The number of ether oxygens (including phenoxy) is 1. The van der Waals surface area contributed by atoms with Crippen molar-refractivity contribution in [1.29, 1.82) is 0 Å². The van der Waals surface area contributed by atoms with Crippen molar-refractivity contribution in [1.82, 2.24) is 0 Å². The lowest BCUT2D eigenvalue weighted by atomic mass is 9.78. The summed E-state index contributed by atoms with van der Waals surface area (Å²) >= 11 is 3.37. The highest BCUT2D eigenvalue weighted by atomic mass is 79.9. The van der Waals surface area contributed by atoms with Crippen molar-refractivity contribution in [2.45, 2.75) is 25.7 Å². The van der Waals surface area contributed by atoms with Gasteiger partial charge in [-0.3, -0.25) is 4.79 Å². The van der Waals surface area contributed by atoms with Crippen LogP contribution in [-0.4, -0.2) is 17.9 Å². The molecule has 3 rings (SSSR count). The second-order valence-electron chi connectivity index (χ2n) is 6.34. The maximum absolute atomic E-state index is 12.4. The fourth-order valence-electron chi connectivity index (χ4n) is 3.38. The third kappa shape index (κ3) is 4.60. The van der Waals surface area contributed by atoms with E-state index in [1.165, 1.54) is 22.3 Å². The Bertz CT molecular complexity index is 722. The predicted molar refractivity (Wildman–Crippen MR) is 106 cm³/mol. The van der Waals surface area contributed by atoms with Gasteiger partial charge in [-0.1, -0.05) is 76.6 Å². The third-order valence-corrected chi connectivity index (χ3v) is 5.22. The normalized spacial score (nSPS) is 17.4. The summed E-state index contributed by atoms with van der Waals surface area (Å²) in [7, 11) is 0. The molecule has 0 radical (unpaired) electrons. The van der Waals surface area contributed by atoms with Crippen molar-refractivity contribution in [3.63, 3.8) is 0 Å². The predicted octanol–water partition coefficient (Wildman–Crippen LogP) is 5.73. The molecule has 2 aromatic carbocycles. The highest BCUT2D eigenvalue weighted by Crippen LogP contribution is 2.41. The molecule has 1 aliphatic carbocycles. The molecule has 1 atom stereocenters. The molecule has 0 N–H and O–H groups in total. The molecule has 1 unspecified atom stereocenters. The van der Waals surface area contributed by atoms with Crippen LogP contribution in [0.2, 0.25) is 0 Å². The standard InChI is InChI=1S/C22H23BrO2/c23-14-7-15-25-22(24)19-12-13-20(17-8-3-1-4-9-17)21(16-19)18-10-5-2-6-11-18/h1-6,8-11,19H,7,12-16H2. The van der Waals surface area contributed by atoms with Crippen LogP contribution in [0.15, 0.2) is 60.7 Å². The number of alkyl halides is 1. The number of rotatable bonds is 6. The molecule has 25 heavy (non-hydrogen) atoms. The van der Waals surface area contributed by atoms with E-state index in [1.807, 2.05) is 12.1 Å². The number of carbonyl (C=O) groups is 1. The number of carbonyl (C=O) groups excluding carboxylic acids is 1. The second kappa shape index (κ2) is 9.00. The van der Waals surface area contributed by atoms with E-state index >= 15 is 0 Å². The monoisotopic (exact) mass is 398 g/mol. The van der Waals surface area contributed by atoms with Crippen LogP contribution in [0.25, 0.3) is 11.1 Å². The van der Waals surface area contributed by atoms with Crippen LogP contribution < -0.4 is 0 Å². The molecule has 2 aromatic rings. The molecule has 0 heterocycles. The van der Waals surface area contributed by atoms with Gasteiger partial charge in [0.1, 0.15) is 0 Å². The van der Waals surface area contributed by atoms with Gasteiger partial charge >= 0.3 is 5.97 Å². The van der Waals surface area contributed by atoms with Crippen molar-refractivity contribution >= 4 is 33.0 Å². The van der Waals surface area contributed by atoms with Crippen molar-refractivity contribution in [2.75, 3.05) is 11.9 Å². The molecule has 0 spiro atoms. The molecular weight excluding hydrogens is 376 g/mol. The van der Waals surface area contributed by atoms with Gasteiger partial charge < -0.3 is 4.74 Å². The summed E-state index contributed by atoms with van der Waals surface area (Å²) < 4.78 is 5.46. The van der Waals surface area contributed by atoms with Gasteiger partial charge in [0.2, 0.25) is 0 Å². The maximum atomic E-state index is 12.4. The number of hydrogen-bond acceptors (Lipinski definition) is 2. The zero-order chi connectivity index (χ0) is 17.5. The molecule has 2 nitrogen and oxygen atoms in total. The van der Waals surface area contributed by atoms with Crippen molar-refractivity contribution in [2.24, 2.45) is 5.92 Å². The zero-order valence-corrected chi connectivity index (χ0v) is 15.9. The summed E-state index contributed by atoms with van der Waals surface area (Å²) in [6.45, 7) is 0.497. The number of allylic oxidation sites excluding steroid dienone is 2. The highest BCUT2D eigenvalue weighted by molar-refractivity contribution is 9.09. The Balaban J connectivity index is 1.87. The largest absolute Gasteiger partial charge is 0.465 e. The lowest BCUT2D eigenvalue weighted by Gasteiger charge is -2.27. The minimum absolute atomic E-state index is 0.0435. The van der Waals surface area contributed by atoms with Gasteiger partial charge in [-0.05, 0) is 48.0 Å². The van der Waals surface area contributed by atoms with E-state index in [1.54, 1.807) is 0 Å². The van der Waals surface area contributed by atoms with Gasteiger partial charge in [0, 0.05) is 5.33 Å². The van der Waals surface area contributed by atoms with Crippen LogP contribution in [0.3, 0.4) is 0 Å². The third-order valence-electron chi connectivity index (χ3n) is 4.66. The number of benzene rings is 2. The quantitative estimate of drug-likeness (QED) is 0.353. The van der Waals surface area contributed by atoms with Crippen molar-refractivity contribution in [3.8, 4) is 0 Å². The van der Waals surface area contributed by atoms with Crippen molar-refractivity contribution < 1.29 is 9.53 Å². The fraction of sp³-hybridized carbons (Fsp3) is 0.318. The number of esters is 1. The zero-order valence-electron chi connectivity index (χ0n) is 14.3. The van der Waals surface area contributed by atoms with Gasteiger partial charge in [-0.25, -0.2) is 0 Å². The Morgan fingerprint density at radius 3 is 2.16 bits per heavy atom. The fourth-order valence-corrected chi connectivity index (χ4v) is 3.61. The Kier molecular flexibility index (Phi) is 6.46. The summed E-state index contributed by atoms with van der Waals surface area (Å²) in [6.07, 6.45) is 3.37. The van der Waals surface area contributed by atoms with Gasteiger partial charge in [-0.15, -0.1) is 0 Å². The molecule has 0 bridgehead atoms. The van der Waals surface area contributed by atoms with E-state index < -0.39 is 0 Å². The molecule has 130 valence electrons. The van der Waals surface area contributed by atoms with E-state index in [2.05, 4.69) is 64.5 Å². The number of hydrogen-bond donors (Lipinski definition) is 0. The van der Waals surface area contributed by atoms with E-state index in [-0.39, 0.29) is 11.9 Å². The Morgan fingerprint density at radius 1 is 0.960 bits per heavy atom. The smallest absolute Gasteiger partial charge is 0.309 e. The molecular formula is C22H23BrO2. The molecule has 0 aliphatic heterocycles. The minimum atomic E-state index is -0.0542. The van der Waals surface area contributed by atoms with Crippen molar-refractivity contribution in [3.05, 3.63) is 71.8 Å². The van der Waals surface area contributed by atoms with E-state index in [0.717, 1.165) is 31.0 Å². The molecule has 0 amide bonds. The summed E-state index contributed by atoms with van der Waals surface area (Å²) in [4.78, 5) is 12.4. The molecule has 3 heteroatoms. The van der Waals surface area contributed by atoms with E-state index in [4.69, 9.17) is 4.74 Å². The van der Waals surface area contributed by atoms with Crippen LogP contribution in [-0.2, 0) is 9.53 Å². The summed E-state index contributed by atoms with van der Waals surface area (Å²) in [6, 6.07) is 20.9. The van der Waals surface area contributed by atoms with Crippen LogP contribution in [0, 0.1) is 5.92 Å². The highest BCUT2D eigenvalue weighted by Gasteiger charge is 2.28. The van der Waals surface area contributed by atoms with Crippen LogP contribution in [0.4, 0.5) is 0 Å². The summed E-state index contributed by atoms with van der Waals surface area (Å²) in [5.74, 6) is -0.0977. The molecule has 0 saturated carbocycles. The van der Waals surface area contributed by atoms with Gasteiger partial charge in [0.05, 0.1) is 12.5 Å². The Labute approximate surface area is 158 Å². The first kappa shape index (κ1) is 17.9. The number of halogens is 1. The van der Waals surface area contributed by atoms with E-state index in [9.17, 15) is 4.79 Å². The SMILES string of the molecule is O=C(OCCCBr)C1CCC(c2ccccc2)=C(c2ccccc2)C1. The van der Waals surface area contributed by atoms with Gasteiger partial charge in [0.15, 0.2) is 0 Å². The maximum Gasteiger partial charge on any atom is 0.309 e. The average molecular weight is 399 g/mol. The Morgan fingerprint density at radius 2 is 1.56 bits per heavy atom. The van der Waals surface area contributed by atoms with E-state index in [0.29, 0.717) is 6.61 Å². The van der Waals surface area contributed by atoms with Crippen LogP contribution in [0.1, 0.15) is 36.8 Å². The first-order valence-corrected chi connectivity index (χ1v) is 9.97. The first-order valence-electron chi connectivity index (χ1n) is 8.85. The Hall–Kier alpha value is -1.87. The van der Waals surface area contributed by atoms with Gasteiger partial charge in [-0.2, -0.15) is 0 Å². The molecule has 0 fully saturated rings. The van der Waals surface area contributed by atoms with Crippen LogP contribution in [0.5, 0.6) is 0 Å². The lowest BCUT2D eigenvalue weighted by molar-refractivity contribution is -0.148. The topological polar surface area (TPSA) is 26.3 Å². The van der Waals surface area contributed by atoms with Crippen LogP contribution >= 0.6 is 15.9 Å².